The van der Waals surface area contributed by atoms with Gasteiger partial charge in [-0.1, -0.05) is 24.3 Å². The zero-order chi connectivity index (χ0) is 21.8. The fourth-order valence-electron chi connectivity index (χ4n) is 3.41. The number of ether oxygens (including phenoxy) is 1. The van der Waals surface area contributed by atoms with E-state index in [1.807, 2.05) is 54.0 Å². The fourth-order valence-corrected chi connectivity index (χ4v) is 3.41. The lowest BCUT2D eigenvalue weighted by molar-refractivity contribution is 0.0784. The summed E-state index contributed by atoms with van der Waals surface area (Å²) < 4.78 is 7.86. The van der Waals surface area contributed by atoms with Gasteiger partial charge in [0, 0.05) is 31.5 Å². The van der Waals surface area contributed by atoms with Crippen LogP contribution < -0.4 is 4.74 Å². The first kappa shape index (κ1) is 20.2. The van der Waals surface area contributed by atoms with Crippen molar-refractivity contribution in [3.05, 3.63) is 101 Å². The van der Waals surface area contributed by atoms with Crippen LogP contribution in [-0.2, 0) is 13.2 Å². The average molecular weight is 410 g/mol. The van der Waals surface area contributed by atoms with E-state index in [0.717, 1.165) is 22.5 Å². The highest BCUT2D eigenvalue weighted by atomic mass is 16.5. The van der Waals surface area contributed by atoms with Crippen molar-refractivity contribution < 1.29 is 9.53 Å². The maximum Gasteiger partial charge on any atom is 0.254 e. The summed E-state index contributed by atoms with van der Waals surface area (Å²) in [6, 6.07) is 20.5. The lowest BCUT2D eigenvalue weighted by Gasteiger charge is -2.18. The van der Waals surface area contributed by atoms with Crippen LogP contribution in [0, 0.1) is 18.3 Å². The lowest BCUT2D eigenvalue weighted by Crippen LogP contribution is -2.26. The lowest BCUT2D eigenvalue weighted by atomic mass is 10.1. The maximum absolute atomic E-state index is 12.9. The Bertz CT molecular complexity index is 1290. The number of hydrogen-bond donors (Lipinski definition) is 0. The quantitative estimate of drug-likeness (QED) is 0.473. The van der Waals surface area contributed by atoms with E-state index >= 15 is 0 Å². The van der Waals surface area contributed by atoms with Gasteiger partial charge in [-0.05, 0) is 54.4 Å². The number of nitrogens with zero attached hydrogens (tertiary/aromatic N) is 4. The summed E-state index contributed by atoms with van der Waals surface area (Å²) in [6.45, 7) is 2.77. The van der Waals surface area contributed by atoms with Crippen LogP contribution in [0.3, 0.4) is 0 Å². The van der Waals surface area contributed by atoms with Crippen LogP contribution in [0.2, 0.25) is 0 Å². The van der Waals surface area contributed by atoms with Gasteiger partial charge in [0.1, 0.15) is 18.0 Å². The number of nitriles is 1. The molecule has 6 heteroatoms. The predicted molar refractivity (Wildman–Crippen MR) is 118 cm³/mol. The third-order valence-electron chi connectivity index (χ3n) is 4.94. The number of aryl methyl sites for hydroxylation is 1. The van der Waals surface area contributed by atoms with E-state index in [-0.39, 0.29) is 5.91 Å². The Morgan fingerprint density at radius 1 is 1.13 bits per heavy atom. The Balaban J connectivity index is 1.42. The minimum absolute atomic E-state index is 0.115. The normalized spacial score (nSPS) is 10.6. The molecule has 2 aromatic heterocycles. The molecule has 0 bridgehead atoms. The number of pyridine rings is 1. The van der Waals surface area contributed by atoms with E-state index in [2.05, 4.69) is 11.1 Å². The van der Waals surface area contributed by atoms with Crippen molar-refractivity contribution in [2.45, 2.75) is 20.1 Å². The van der Waals surface area contributed by atoms with E-state index in [1.165, 1.54) is 0 Å². The second-order valence-corrected chi connectivity index (χ2v) is 7.49. The number of benzene rings is 2. The number of imidazole rings is 1. The van der Waals surface area contributed by atoms with Crippen LogP contribution in [0.4, 0.5) is 0 Å². The second kappa shape index (κ2) is 8.72. The summed E-state index contributed by atoms with van der Waals surface area (Å²) in [5.41, 5.74) is 4.88. The SMILES string of the molecule is Cc1ccc2nc(COc3cccc(C(=O)N(C)Cc4cccc(C#N)c4)c3)cn2c1. The van der Waals surface area contributed by atoms with Crippen molar-refractivity contribution in [3.63, 3.8) is 0 Å². The molecule has 2 aromatic carbocycles. The van der Waals surface area contributed by atoms with Crippen molar-refractivity contribution in [1.82, 2.24) is 14.3 Å². The Kier molecular flexibility index (Phi) is 5.67. The molecular formula is C25H22N4O2. The summed E-state index contributed by atoms with van der Waals surface area (Å²) in [4.78, 5) is 19.0. The zero-order valence-electron chi connectivity index (χ0n) is 17.4. The molecule has 0 aliphatic carbocycles. The van der Waals surface area contributed by atoms with Gasteiger partial charge in [0.2, 0.25) is 0 Å². The summed E-state index contributed by atoms with van der Waals surface area (Å²) in [7, 11) is 1.74. The molecule has 0 N–H and O–H groups in total. The Morgan fingerprint density at radius 3 is 2.81 bits per heavy atom. The molecule has 0 atom stereocenters. The van der Waals surface area contributed by atoms with Gasteiger partial charge in [-0.25, -0.2) is 4.98 Å². The topological polar surface area (TPSA) is 70.6 Å². The fraction of sp³-hybridized carbons (Fsp3) is 0.160. The van der Waals surface area contributed by atoms with Crippen molar-refractivity contribution in [3.8, 4) is 11.8 Å². The monoisotopic (exact) mass is 410 g/mol. The zero-order valence-corrected chi connectivity index (χ0v) is 17.4. The molecule has 0 saturated carbocycles. The predicted octanol–water partition coefficient (Wildman–Crippen LogP) is 4.37. The van der Waals surface area contributed by atoms with Crippen LogP contribution in [0.5, 0.6) is 5.75 Å². The number of fused-ring (bicyclic) bond motifs is 1. The van der Waals surface area contributed by atoms with E-state index in [0.29, 0.717) is 30.0 Å². The highest BCUT2D eigenvalue weighted by molar-refractivity contribution is 5.94. The van der Waals surface area contributed by atoms with Gasteiger partial charge in [0.25, 0.3) is 5.91 Å². The molecule has 0 fully saturated rings. The smallest absolute Gasteiger partial charge is 0.254 e. The first-order chi connectivity index (χ1) is 15.0. The van der Waals surface area contributed by atoms with Crippen LogP contribution in [0.25, 0.3) is 5.65 Å². The maximum atomic E-state index is 12.9. The molecule has 0 aliphatic heterocycles. The Labute approximate surface area is 181 Å². The minimum Gasteiger partial charge on any atom is -0.487 e. The largest absolute Gasteiger partial charge is 0.487 e. The van der Waals surface area contributed by atoms with E-state index in [9.17, 15) is 4.79 Å². The molecule has 154 valence electrons. The minimum atomic E-state index is -0.115. The van der Waals surface area contributed by atoms with Crippen LogP contribution in [0.15, 0.2) is 73.1 Å². The third kappa shape index (κ3) is 4.73. The van der Waals surface area contributed by atoms with Gasteiger partial charge in [-0.15, -0.1) is 0 Å². The number of hydrogen-bond acceptors (Lipinski definition) is 4. The Hall–Kier alpha value is -4.11. The second-order valence-electron chi connectivity index (χ2n) is 7.49. The van der Waals surface area contributed by atoms with Gasteiger partial charge in [-0.3, -0.25) is 4.79 Å². The van der Waals surface area contributed by atoms with Crippen molar-refractivity contribution in [1.29, 1.82) is 5.26 Å². The first-order valence-electron chi connectivity index (χ1n) is 9.93. The van der Waals surface area contributed by atoms with Gasteiger partial charge in [-0.2, -0.15) is 5.26 Å². The molecule has 2 heterocycles. The number of aromatic nitrogens is 2. The molecule has 4 rings (SSSR count). The van der Waals surface area contributed by atoms with Gasteiger partial charge in [0.15, 0.2) is 0 Å². The summed E-state index contributed by atoms with van der Waals surface area (Å²) in [5.74, 6) is 0.495. The first-order valence-corrected chi connectivity index (χ1v) is 9.93. The van der Waals surface area contributed by atoms with E-state index in [1.54, 1.807) is 42.3 Å². The van der Waals surface area contributed by atoms with Gasteiger partial charge in [0.05, 0.1) is 17.3 Å². The van der Waals surface area contributed by atoms with E-state index in [4.69, 9.17) is 10.00 Å². The third-order valence-corrected chi connectivity index (χ3v) is 4.94. The number of rotatable bonds is 6. The summed E-state index contributed by atoms with van der Waals surface area (Å²) >= 11 is 0. The molecule has 0 saturated heterocycles. The van der Waals surface area contributed by atoms with Crippen molar-refractivity contribution in [2.24, 2.45) is 0 Å². The summed E-state index contributed by atoms with van der Waals surface area (Å²) in [6.07, 6.45) is 3.97. The van der Waals surface area contributed by atoms with E-state index < -0.39 is 0 Å². The van der Waals surface area contributed by atoms with Crippen LogP contribution >= 0.6 is 0 Å². The molecule has 4 aromatic rings. The number of carbonyl (C=O) groups excluding carboxylic acids is 1. The molecule has 0 radical (unpaired) electrons. The molecule has 0 unspecified atom stereocenters. The van der Waals surface area contributed by atoms with Crippen LogP contribution in [-0.4, -0.2) is 27.2 Å². The Morgan fingerprint density at radius 2 is 1.97 bits per heavy atom. The molecule has 31 heavy (non-hydrogen) atoms. The van der Waals surface area contributed by atoms with Crippen molar-refractivity contribution in [2.75, 3.05) is 7.05 Å². The van der Waals surface area contributed by atoms with Gasteiger partial charge >= 0.3 is 0 Å². The molecule has 0 aliphatic rings. The molecule has 6 nitrogen and oxygen atoms in total. The molecular weight excluding hydrogens is 388 g/mol. The van der Waals surface area contributed by atoms with Gasteiger partial charge < -0.3 is 14.0 Å². The highest BCUT2D eigenvalue weighted by Gasteiger charge is 2.13. The number of carbonyl (C=O) groups is 1. The summed E-state index contributed by atoms with van der Waals surface area (Å²) in [5, 5.41) is 9.05. The molecule has 0 spiro atoms. The van der Waals surface area contributed by atoms with Crippen LogP contribution in [0.1, 0.15) is 32.7 Å². The average Bonchev–Trinajstić information content (AvgIpc) is 3.19. The number of amides is 1. The molecule has 1 amide bonds. The standard InChI is InChI=1S/C25H22N4O2/c1-18-9-10-24-27-22(16-29(24)14-18)17-31-23-8-4-7-21(12-23)25(30)28(2)15-20-6-3-5-19(11-20)13-26/h3-12,14,16H,15,17H2,1-2H3. The van der Waals surface area contributed by atoms with Crippen molar-refractivity contribution >= 4 is 11.6 Å². The highest BCUT2D eigenvalue weighted by Crippen LogP contribution is 2.18.